The number of aromatic nitrogens is 1. The topological polar surface area (TPSA) is 42.4 Å². The van der Waals surface area contributed by atoms with Gasteiger partial charge in [-0.05, 0) is 56.6 Å². The van der Waals surface area contributed by atoms with E-state index in [0.717, 1.165) is 25.7 Å². The molecule has 3 nitrogen and oxygen atoms in total. The zero-order chi connectivity index (χ0) is 14.2. The van der Waals surface area contributed by atoms with Crippen molar-refractivity contribution in [2.24, 2.45) is 5.92 Å². The molecule has 4 heteroatoms. The van der Waals surface area contributed by atoms with Crippen molar-refractivity contribution < 1.29 is 14.2 Å². The lowest BCUT2D eigenvalue weighted by atomic mass is 9.66. The number of pyridine rings is 1. The molecule has 2 fully saturated rings. The molecule has 2 unspecified atom stereocenters. The molecule has 0 bridgehead atoms. The molecule has 1 aliphatic carbocycles. The number of halogens is 1. The number of nitrogens with zero attached hydrogens (tertiary/aromatic N) is 1. The fourth-order valence-electron chi connectivity index (χ4n) is 3.67. The Balaban J connectivity index is 1.85. The Morgan fingerprint density at radius 3 is 2.85 bits per heavy atom. The van der Waals surface area contributed by atoms with Crippen molar-refractivity contribution >= 4 is 0 Å². The molecule has 2 atom stereocenters. The third-order valence-electron chi connectivity index (χ3n) is 5.14. The van der Waals surface area contributed by atoms with Gasteiger partial charge in [-0.25, -0.2) is 4.39 Å². The predicted octanol–water partition coefficient (Wildman–Crippen LogP) is 3.17. The predicted molar refractivity (Wildman–Crippen MR) is 73.6 cm³/mol. The number of rotatable bonds is 3. The van der Waals surface area contributed by atoms with Crippen LogP contribution in [-0.2, 0) is 10.3 Å². The van der Waals surface area contributed by atoms with Gasteiger partial charge in [0.25, 0.3) is 0 Å². The summed E-state index contributed by atoms with van der Waals surface area (Å²) >= 11 is 0. The lowest BCUT2D eigenvalue weighted by molar-refractivity contribution is -0.179. The number of ether oxygens (including phenoxy) is 1. The monoisotopic (exact) mass is 279 g/mol. The molecule has 1 aliphatic heterocycles. The fraction of sp³-hybridized carbons (Fsp3) is 0.688. The third-order valence-corrected chi connectivity index (χ3v) is 5.14. The first-order valence-corrected chi connectivity index (χ1v) is 7.56. The van der Waals surface area contributed by atoms with Crippen molar-refractivity contribution in [2.45, 2.75) is 56.7 Å². The van der Waals surface area contributed by atoms with Gasteiger partial charge in [0.1, 0.15) is 11.4 Å². The van der Waals surface area contributed by atoms with Crippen LogP contribution in [0.2, 0.25) is 0 Å². The third kappa shape index (κ3) is 2.25. The minimum absolute atomic E-state index is 0.00784. The van der Waals surface area contributed by atoms with E-state index in [2.05, 4.69) is 4.98 Å². The summed E-state index contributed by atoms with van der Waals surface area (Å²) < 4.78 is 19.0. The maximum Gasteiger partial charge on any atom is 0.141 e. The van der Waals surface area contributed by atoms with Gasteiger partial charge in [-0.3, -0.25) is 4.98 Å². The van der Waals surface area contributed by atoms with E-state index in [9.17, 15) is 9.50 Å². The van der Waals surface area contributed by atoms with Crippen LogP contribution in [0.25, 0.3) is 0 Å². The first kappa shape index (κ1) is 14.0. The highest BCUT2D eigenvalue weighted by Crippen LogP contribution is 2.49. The highest BCUT2D eigenvalue weighted by atomic mass is 19.1. The quantitative estimate of drug-likeness (QED) is 0.924. The van der Waals surface area contributed by atoms with Crippen LogP contribution in [0.5, 0.6) is 0 Å². The van der Waals surface area contributed by atoms with Crippen LogP contribution in [0.15, 0.2) is 18.3 Å². The van der Waals surface area contributed by atoms with Gasteiger partial charge in [-0.1, -0.05) is 6.92 Å². The summed E-state index contributed by atoms with van der Waals surface area (Å²) in [7, 11) is 0. The van der Waals surface area contributed by atoms with Crippen molar-refractivity contribution in [1.82, 2.24) is 4.98 Å². The molecule has 1 aromatic rings. The molecule has 1 saturated heterocycles. The summed E-state index contributed by atoms with van der Waals surface area (Å²) in [6.07, 6.45) is 6.91. The Kier molecular flexibility index (Phi) is 3.55. The average Bonchev–Trinajstić information content (AvgIpc) is 2.45. The standard InChI is InChI=1S/C16H22FNO2/c1-2-16(19,14-5-4-13(17)11-18-14)12-6-9-20-15(10-12)7-3-8-15/h4-5,11-12,19H,2-3,6-10H2,1H3. The van der Waals surface area contributed by atoms with Gasteiger partial charge in [-0.15, -0.1) is 0 Å². The van der Waals surface area contributed by atoms with Crippen LogP contribution in [0.3, 0.4) is 0 Å². The van der Waals surface area contributed by atoms with Gasteiger partial charge >= 0.3 is 0 Å². The van der Waals surface area contributed by atoms with Crippen LogP contribution < -0.4 is 0 Å². The summed E-state index contributed by atoms with van der Waals surface area (Å²) in [6.45, 7) is 2.67. The Morgan fingerprint density at radius 1 is 1.50 bits per heavy atom. The summed E-state index contributed by atoms with van der Waals surface area (Å²) in [5.41, 5.74) is -0.394. The molecule has 110 valence electrons. The average molecular weight is 279 g/mol. The van der Waals surface area contributed by atoms with E-state index in [1.807, 2.05) is 6.92 Å². The van der Waals surface area contributed by atoms with Gasteiger partial charge in [-0.2, -0.15) is 0 Å². The van der Waals surface area contributed by atoms with Crippen LogP contribution in [0.4, 0.5) is 4.39 Å². The summed E-state index contributed by atoms with van der Waals surface area (Å²) in [5.74, 6) is -0.228. The Labute approximate surface area is 119 Å². The number of hydrogen-bond acceptors (Lipinski definition) is 3. The number of hydrogen-bond donors (Lipinski definition) is 1. The van der Waals surface area contributed by atoms with Crippen LogP contribution in [0, 0.1) is 11.7 Å². The molecule has 20 heavy (non-hydrogen) atoms. The number of aliphatic hydroxyl groups is 1. The summed E-state index contributed by atoms with van der Waals surface area (Å²) in [6, 6.07) is 2.99. The van der Waals surface area contributed by atoms with Gasteiger partial charge in [0.15, 0.2) is 0 Å². The van der Waals surface area contributed by atoms with Crippen molar-refractivity contribution in [2.75, 3.05) is 6.61 Å². The van der Waals surface area contributed by atoms with Crippen molar-refractivity contribution in [3.8, 4) is 0 Å². The highest BCUT2D eigenvalue weighted by molar-refractivity contribution is 5.16. The minimum Gasteiger partial charge on any atom is -0.383 e. The Bertz CT molecular complexity index is 472. The summed E-state index contributed by atoms with van der Waals surface area (Å²) in [4.78, 5) is 4.12. The zero-order valence-electron chi connectivity index (χ0n) is 11.9. The molecule has 1 saturated carbocycles. The molecule has 0 amide bonds. The molecular formula is C16H22FNO2. The first-order valence-electron chi connectivity index (χ1n) is 7.56. The molecule has 1 aromatic heterocycles. The van der Waals surface area contributed by atoms with E-state index in [1.165, 1.54) is 18.7 Å². The molecule has 2 aliphatic rings. The molecular weight excluding hydrogens is 257 g/mol. The molecule has 1 N–H and O–H groups in total. The summed E-state index contributed by atoms with van der Waals surface area (Å²) in [5, 5.41) is 11.1. The normalized spacial score (nSPS) is 27.9. The van der Waals surface area contributed by atoms with Crippen molar-refractivity contribution in [3.05, 3.63) is 29.8 Å². The zero-order valence-corrected chi connectivity index (χ0v) is 11.9. The fourth-order valence-corrected chi connectivity index (χ4v) is 3.67. The van der Waals surface area contributed by atoms with E-state index in [0.29, 0.717) is 18.7 Å². The SMILES string of the molecule is CCC(O)(c1ccc(F)cn1)C1CCOC2(CCC2)C1. The lowest BCUT2D eigenvalue weighted by Gasteiger charge is -2.50. The van der Waals surface area contributed by atoms with Gasteiger partial charge in [0.05, 0.1) is 17.5 Å². The van der Waals surface area contributed by atoms with Crippen LogP contribution >= 0.6 is 0 Å². The highest BCUT2D eigenvalue weighted by Gasteiger charge is 2.49. The van der Waals surface area contributed by atoms with E-state index in [1.54, 1.807) is 6.07 Å². The van der Waals surface area contributed by atoms with Gasteiger partial charge < -0.3 is 9.84 Å². The lowest BCUT2D eigenvalue weighted by Crippen LogP contribution is -2.50. The Hall–Kier alpha value is -1.00. The van der Waals surface area contributed by atoms with Gasteiger partial charge in [0.2, 0.25) is 0 Å². The second kappa shape index (κ2) is 5.08. The Morgan fingerprint density at radius 2 is 2.30 bits per heavy atom. The maximum atomic E-state index is 13.0. The molecule has 3 rings (SSSR count). The van der Waals surface area contributed by atoms with Crippen molar-refractivity contribution in [3.63, 3.8) is 0 Å². The maximum absolute atomic E-state index is 13.0. The van der Waals surface area contributed by atoms with Gasteiger partial charge in [0, 0.05) is 6.61 Å². The molecule has 1 spiro atoms. The molecule has 0 radical (unpaired) electrons. The van der Waals surface area contributed by atoms with E-state index >= 15 is 0 Å². The van der Waals surface area contributed by atoms with E-state index < -0.39 is 5.60 Å². The van der Waals surface area contributed by atoms with Crippen LogP contribution in [-0.4, -0.2) is 22.3 Å². The van der Waals surface area contributed by atoms with E-state index in [4.69, 9.17) is 4.74 Å². The second-order valence-corrected chi connectivity index (χ2v) is 6.21. The van der Waals surface area contributed by atoms with E-state index in [-0.39, 0.29) is 17.3 Å². The van der Waals surface area contributed by atoms with Crippen molar-refractivity contribution in [1.29, 1.82) is 0 Å². The molecule has 2 heterocycles. The second-order valence-electron chi connectivity index (χ2n) is 6.21. The minimum atomic E-state index is -0.972. The smallest absolute Gasteiger partial charge is 0.141 e. The largest absolute Gasteiger partial charge is 0.383 e. The first-order chi connectivity index (χ1) is 9.58. The van der Waals surface area contributed by atoms with Crippen LogP contribution in [0.1, 0.15) is 51.1 Å². The molecule has 0 aromatic carbocycles.